The van der Waals surface area contributed by atoms with E-state index in [1.807, 2.05) is 4.90 Å². The van der Waals surface area contributed by atoms with Gasteiger partial charge < -0.3 is 9.80 Å². The molecule has 2 aromatic rings. The van der Waals surface area contributed by atoms with Gasteiger partial charge >= 0.3 is 6.18 Å². The molecule has 0 atom stereocenters. The molecule has 1 aromatic carbocycles. The summed E-state index contributed by atoms with van der Waals surface area (Å²) in [5.74, 6) is -0.637. The van der Waals surface area contributed by atoms with Gasteiger partial charge in [0.2, 0.25) is 5.91 Å². The van der Waals surface area contributed by atoms with E-state index in [0.29, 0.717) is 11.5 Å². The van der Waals surface area contributed by atoms with E-state index >= 15 is 0 Å². The second-order valence-electron chi connectivity index (χ2n) is 7.18. The van der Waals surface area contributed by atoms with Crippen LogP contribution in [0.15, 0.2) is 30.6 Å². The zero-order valence-electron chi connectivity index (χ0n) is 14.4. The lowest BCUT2D eigenvalue weighted by atomic mass is 9.73. The van der Waals surface area contributed by atoms with Crippen molar-refractivity contribution in [2.75, 3.05) is 31.1 Å². The number of hydrogen-bond donors (Lipinski definition) is 0. The number of nitrogens with zero attached hydrogens (tertiary/aromatic N) is 4. The smallest absolute Gasteiger partial charge is 0.355 e. The minimum Gasteiger partial charge on any atom is -0.355 e. The van der Waals surface area contributed by atoms with Gasteiger partial charge in [-0.25, -0.2) is 14.4 Å². The van der Waals surface area contributed by atoms with Crippen molar-refractivity contribution < 1.29 is 22.4 Å². The molecule has 0 radical (unpaired) electrons. The van der Waals surface area contributed by atoms with Crippen LogP contribution in [0.2, 0.25) is 0 Å². The number of anilines is 1. The number of likely N-dealkylation sites (tertiary alicyclic amines) is 1. The Bertz CT molecular complexity index is 900. The lowest BCUT2D eigenvalue weighted by Crippen LogP contribution is -2.73. The van der Waals surface area contributed by atoms with Crippen molar-refractivity contribution in [1.82, 2.24) is 14.9 Å². The summed E-state index contributed by atoms with van der Waals surface area (Å²) in [4.78, 5) is 23.4. The molecule has 0 unspecified atom stereocenters. The van der Waals surface area contributed by atoms with Gasteiger partial charge in [0.25, 0.3) is 0 Å². The maximum Gasteiger partial charge on any atom is 0.419 e. The van der Waals surface area contributed by atoms with E-state index in [1.54, 1.807) is 17.9 Å². The summed E-state index contributed by atoms with van der Waals surface area (Å²) < 4.78 is 51.9. The lowest BCUT2D eigenvalue weighted by molar-refractivity contribution is -0.142. The molecule has 3 heterocycles. The number of carbonyl (C=O) groups excluding carboxylic acids is 1. The van der Waals surface area contributed by atoms with E-state index < -0.39 is 17.6 Å². The molecule has 2 saturated heterocycles. The summed E-state index contributed by atoms with van der Waals surface area (Å²) in [5, 5.41) is 0. The zero-order valence-corrected chi connectivity index (χ0v) is 14.4. The van der Waals surface area contributed by atoms with Crippen LogP contribution in [0.3, 0.4) is 0 Å². The number of benzene rings is 1. The SMILES string of the molecule is CC(=O)N1CC2(C1)CN(c1cc(-c3ccc(C(F)(F)F)c(F)c3)ncn1)C2. The van der Waals surface area contributed by atoms with Crippen LogP contribution in [0.5, 0.6) is 0 Å². The number of carbonyl (C=O) groups is 1. The van der Waals surface area contributed by atoms with Crippen LogP contribution in [-0.2, 0) is 11.0 Å². The van der Waals surface area contributed by atoms with Crippen molar-refractivity contribution in [3.05, 3.63) is 42.0 Å². The molecule has 2 aliphatic heterocycles. The first kappa shape index (κ1) is 17.7. The standard InChI is InChI=1S/C18H16F4N4O/c1-11(27)25-6-17(7-25)8-26(9-17)16-5-15(23-10-24-16)12-2-3-13(14(19)4-12)18(20,21)22/h2-5,10H,6-9H2,1H3. The Morgan fingerprint density at radius 1 is 1.11 bits per heavy atom. The zero-order chi connectivity index (χ0) is 19.4. The van der Waals surface area contributed by atoms with Gasteiger partial charge in [0.15, 0.2) is 0 Å². The highest BCUT2D eigenvalue weighted by molar-refractivity contribution is 5.75. The average molecular weight is 380 g/mol. The van der Waals surface area contributed by atoms with Crippen LogP contribution in [0.1, 0.15) is 12.5 Å². The molecule has 2 aliphatic rings. The molecule has 0 aliphatic carbocycles. The fourth-order valence-corrected chi connectivity index (χ4v) is 3.69. The maximum absolute atomic E-state index is 13.8. The normalized spacial score (nSPS) is 18.3. The number of alkyl halides is 3. The van der Waals surface area contributed by atoms with Crippen LogP contribution in [-0.4, -0.2) is 47.0 Å². The summed E-state index contributed by atoms with van der Waals surface area (Å²) in [6.45, 7) is 4.48. The molecule has 0 N–H and O–H groups in total. The molecule has 2 fully saturated rings. The monoisotopic (exact) mass is 380 g/mol. The Kier molecular flexibility index (Phi) is 3.87. The van der Waals surface area contributed by atoms with Crippen molar-refractivity contribution in [2.24, 2.45) is 5.41 Å². The maximum atomic E-state index is 13.8. The topological polar surface area (TPSA) is 49.3 Å². The third-order valence-corrected chi connectivity index (χ3v) is 5.10. The number of hydrogen-bond acceptors (Lipinski definition) is 4. The molecular formula is C18H16F4N4O. The molecule has 27 heavy (non-hydrogen) atoms. The van der Waals surface area contributed by atoms with Crippen LogP contribution >= 0.6 is 0 Å². The Morgan fingerprint density at radius 3 is 2.41 bits per heavy atom. The fourth-order valence-electron chi connectivity index (χ4n) is 3.69. The molecule has 142 valence electrons. The number of aromatic nitrogens is 2. The Morgan fingerprint density at radius 2 is 1.81 bits per heavy atom. The molecule has 1 spiro atoms. The van der Waals surface area contributed by atoms with Crippen LogP contribution in [0, 0.1) is 11.2 Å². The molecule has 1 aromatic heterocycles. The van der Waals surface area contributed by atoms with Crippen molar-refractivity contribution in [3.8, 4) is 11.3 Å². The summed E-state index contributed by atoms with van der Waals surface area (Å²) in [7, 11) is 0. The first-order valence-corrected chi connectivity index (χ1v) is 8.37. The Labute approximate surface area is 152 Å². The van der Waals surface area contributed by atoms with Gasteiger partial charge in [-0.05, 0) is 12.1 Å². The fraction of sp³-hybridized carbons (Fsp3) is 0.389. The average Bonchev–Trinajstić information content (AvgIpc) is 2.51. The van der Waals surface area contributed by atoms with Crippen molar-refractivity contribution in [1.29, 1.82) is 0 Å². The van der Waals surface area contributed by atoms with Gasteiger partial charge in [0.1, 0.15) is 18.0 Å². The Hall–Kier alpha value is -2.71. The van der Waals surface area contributed by atoms with E-state index in [1.165, 1.54) is 12.4 Å². The van der Waals surface area contributed by atoms with Gasteiger partial charge in [-0.2, -0.15) is 13.2 Å². The second-order valence-corrected chi connectivity index (χ2v) is 7.18. The summed E-state index contributed by atoms with van der Waals surface area (Å²) in [6, 6.07) is 4.39. The number of halogens is 4. The van der Waals surface area contributed by atoms with E-state index in [9.17, 15) is 22.4 Å². The minimum absolute atomic E-state index is 0.0627. The quantitative estimate of drug-likeness (QED) is 0.752. The van der Waals surface area contributed by atoms with Crippen LogP contribution < -0.4 is 4.90 Å². The van der Waals surface area contributed by atoms with Crippen LogP contribution in [0.4, 0.5) is 23.4 Å². The summed E-state index contributed by atoms with van der Waals surface area (Å²) in [5.41, 5.74) is -0.597. The van der Waals surface area contributed by atoms with E-state index in [2.05, 4.69) is 9.97 Å². The lowest BCUT2D eigenvalue weighted by Gasteiger charge is -2.60. The van der Waals surface area contributed by atoms with Crippen molar-refractivity contribution >= 4 is 11.7 Å². The predicted molar refractivity (Wildman–Crippen MR) is 89.3 cm³/mol. The highest BCUT2D eigenvalue weighted by atomic mass is 19.4. The number of amides is 1. The van der Waals surface area contributed by atoms with Crippen LogP contribution in [0.25, 0.3) is 11.3 Å². The van der Waals surface area contributed by atoms with Crippen molar-refractivity contribution in [3.63, 3.8) is 0 Å². The van der Waals surface area contributed by atoms with E-state index in [-0.39, 0.29) is 16.9 Å². The van der Waals surface area contributed by atoms with E-state index in [4.69, 9.17) is 0 Å². The Balaban J connectivity index is 1.50. The van der Waals surface area contributed by atoms with E-state index in [0.717, 1.165) is 38.3 Å². The third kappa shape index (κ3) is 3.11. The highest BCUT2D eigenvalue weighted by Crippen LogP contribution is 2.41. The van der Waals surface area contributed by atoms with Gasteiger partial charge in [0.05, 0.1) is 11.3 Å². The predicted octanol–water partition coefficient (Wildman–Crippen LogP) is 2.97. The molecule has 1 amide bonds. The largest absolute Gasteiger partial charge is 0.419 e. The summed E-state index contributed by atoms with van der Waals surface area (Å²) >= 11 is 0. The minimum atomic E-state index is -4.73. The second kappa shape index (κ2) is 5.90. The molecule has 9 heteroatoms. The molecular weight excluding hydrogens is 364 g/mol. The first-order chi connectivity index (χ1) is 12.7. The summed E-state index contributed by atoms with van der Waals surface area (Å²) in [6.07, 6.45) is -3.42. The first-order valence-electron chi connectivity index (χ1n) is 8.37. The van der Waals surface area contributed by atoms with Crippen molar-refractivity contribution in [2.45, 2.75) is 13.1 Å². The van der Waals surface area contributed by atoms with Gasteiger partial charge in [-0.1, -0.05) is 6.07 Å². The van der Waals surface area contributed by atoms with Gasteiger partial charge in [-0.3, -0.25) is 4.79 Å². The van der Waals surface area contributed by atoms with Gasteiger partial charge in [0, 0.05) is 50.1 Å². The third-order valence-electron chi connectivity index (χ3n) is 5.10. The molecule has 0 saturated carbocycles. The highest BCUT2D eigenvalue weighted by Gasteiger charge is 2.52. The molecule has 5 nitrogen and oxygen atoms in total. The van der Waals surface area contributed by atoms with Gasteiger partial charge in [-0.15, -0.1) is 0 Å². The molecule has 4 rings (SSSR count). The molecule has 0 bridgehead atoms. The number of rotatable bonds is 2.